The van der Waals surface area contributed by atoms with Gasteiger partial charge >= 0.3 is 0 Å². The average molecular weight is 363 g/mol. The average Bonchev–Trinajstić information content (AvgIpc) is 3.44. The molecule has 1 amide bonds. The number of hydrogen-bond acceptors (Lipinski definition) is 3. The number of benzene rings is 1. The van der Waals surface area contributed by atoms with Gasteiger partial charge in [0.15, 0.2) is 0 Å². The van der Waals surface area contributed by atoms with Crippen molar-refractivity contribution in [1.29, 1.82) is 0 Å². The quantitative estimate of drug-likeness (QED) is 0.772. The zero-order valence-corrected chi connectivity index (χ0v) is 15.8. The summed E-state index contributed by atoms with van der Waals surface area (Å²) in [6, 6.07) is 7.23. The number of carbonyl (C=O) groups excluding carboxylic acids is 1. The number of H-pyrrole nitrogens is 1. The lowest BCUT2D eigenvalue weighted by Gasteiger charge is -2.26. The Kier molecular flexibility index (Phi) is 3.81. The SMILES string of the molecule is CC(C)C(=O)N1C2CCC1[C@@H](Cn1cnc3cc(-c4cn[nH]c4)ccc31)C2. The molecule has 140 valence electrons. The van der Waals surface area contributed by atoms with Crippen LogP contribution < -0.4 is 0 Å². The third-order valence-electron chi connectivity index (χ3n) is 6.30. The molecule has 4 heterocycles. The lowest BCUT2D eigenvalue weighted by molar-refractivity contribution is -0.135. The number of rotatable bonds is 4. The summed E-state index contributed by atoms with van der Waals surface area (Å²) in [5.41, 5.74) is 4.36. The number of hydrogen-bond donors (Lipinski definition) is 1. The summed E-state index contributed by atoms with van der Waals surface area (Å²) in [6.45, 7) is 4.96. The predicted octanol–water partition coefficient (Wildman–Crippen LogP) is 3.46. The molecule has 0 aliphatic carbocycles. The molecule has 1 aromatic carbocycles. The molecule has 2 saturated heterocycles. The van der Waals surface area contributed by atoms with Gasteiger partial charge in [0.1, 0.15) is 0 Å². The van der Waals surface area contributed by atoms with Gasteiger partial charge in [0, 0.05) is 36.3 Å². The van der Waals surface area contributed by atoms with Crippen LogP contribution in [-0.4, -0.2) is 42.6 Å². The minimum atomic E-state index is 0.0854. The second kappa shape index (κ2) is 6.22. The zero-order valence-electron chi connectivity index (χ0n) is 15.8. The van der Waals surface area contributed by atoms with E-state index in [1.165, 1.54) is 6.42 Å². The summed E-state index contributed by atoms with van der Waals surface area (Å²) in [4.78, 5) is 19.4. The fourth-order valence-corrected chi connectivity index (χ4v) is 5.00. The van der Waals surface area contributed by atoms with Gasteiger partial charge in [0.05, 0.1) is 23.6 Å². The standard InChI is InChI=1S/C21H25N5O/c1-13(2)21(27)26-17-4-6-19(26)15(7-17)11-25-12-22-18-8-14(3-5-20(18)25)16-9-23-24-10-16/h3,5,8-10,12-13,15,17,19H,4,6-7,11H2,1-2H3,(H,23,24)/t15-,17?,19?/m1/s1. The van der Waals surface area contributed by atoms with Crippen molar-refractivity contribution in [3.8, 4) is 11.1 Å². The van der Waals surface area contributed by atoms with Gasteiger partial charge in [0.2, 0.25) is 5.91 Å². The predicted molar refractivity (Wildman–Crippen MR) is 104 cm³/mol. The van der Waals surface area contributed by atoms with E-state index in [4.69, 9.17) is 0 Å². The molecule has 2 aromatic heterocycles. The van der Waals surface area contributed by atoms with Crippen LogP contribution in [0, 0.1) is 11.8 Å². The van der Waals surface area contributed by atoms with Crippen molar-refractivity contribution in [3.05, 3.63) is 36.9 Å². The Labute approximate surface area is 158 Å². The van der Waals surface area contributed by atoms with E-state index in [1.807, 2.05) is 32.6 Å². The summed E-state index contributed by atoms with van der Waals surface area (Å²) >= 11 is 0. The fraction of sp³-hybridized carbons (Fsp3) is 0.476. The van der Waals surface area contributed by atoms with Gasteiger partial charge in [-0.25, -0.2) is 4.98 Å². The van der Waals surface area contributed by atoms with Crippen molar-refractivity contribution < 1.29 is 4.79 Å². The molecule has 2 aliphatic heterocycles. The maximum Gasteiger partial charge on any atom is 0.225 e. The van der Waals surface area contributed by atoms with Crippen molar-refractivity contribution in [2.45, 2.75) is 51.7 Å². The van der Waals surface area contributed by atoms with Gasteiger partial charge < -0.3 is 9.47 Å². The van der Waals surface area contributed by atoms with E-state index in [2.05, 4.69) is 42.8 Å². The van der Waals surface area contributed by atoms with Crippen LogP contribution in [0.4, 0.5) is 0 Å². The number of nitrogens with one attached hydrogen (secondary N) is 1. The van der Waals surface area contributed by atoms with Crippen LogP contribution in [0.5, 0.6) is 0 Å². The highest BCUT2D eigenvalue weighted by atomic mass is 16.2. The number of nitrogens with zero attached hydrogens (tertiary/aromatic N) is 4. The molecule has 2 fully saturated rings. The maximum atomic E-state index is 12.6. The summed E-state index contributed by atoms with van der Waals surface area (Å²) in [5, 5.41) is 6.88. The largest absolute Gasteiger partial charge is 0.336 e. The Balaban J connectivity index is 1.39. The second-order valence-electron chi connectivity index (χ2n) is 8.28. The van der Waals surface area contributed by atoms with E-state index in [0.717, 1.165) is 41.5 Å². The van der Waals surface area contributed by atoms with Crippen molar-refractivity contribution in [1.82, 2.24) is 24.6 Å². The molecule has 3 aromatic rings. The van der Waals surface area contributed by atoms with Gasteiger partial charge in [-0.1, -0.05) is 19.9 Å². The maximum absolute atomic E-state index is 12.6. The lowest BCUT2D eigenvalue weighted by atomic mass is 9.89. The highest BCUT2D eigenvalue weighted by molar-refractivity contribution is 5.82. The van der Waals surface area contributed by atoms with Crippen molar-refractivity contribution >= 4 is 16.9 Å². The molecule has 0 radical (unpaired) electrons. The van der Waals surface area contributed by atoms with Crippen LogP contribution in [-0.2, 0) is 11.3 Å². The van der Waals surface area contributed by atoms with Crippen LogP contribution >= 0.6 is 0 Å². The number of aromatic amines is 1. The summed E-state index contributed by atoms with van der Waals surface area (Å²) in [6.07, 6.45) is 9.10. The molecule has 2 unspecified atom stereocenters. The first-order chi connectivity index (χ1) is 13.1. The van der Waals surface area contributed by atoms with E-state index in [0.29, 0.717) is 23.9 Å². The van der Waals surface area contributed by atoms with Crippen molar-refractivity contribution in [2.24, 2.45) is 11.8 Å². The molecule has 1 N–H and O–H groups in total. The molecule has 27 heavy (non-hydrogen) atoms. The third-order valence-corrected chi connectivity index (χ3v) is 6.30. The smallest absolute Gasteiger partial charge is 0.225 e. The zero-order chi connectivity index (χ0) is 18.5. The Bertz CT molecular complexity index is 974. The first kappa shape index (κ1) is 16.5. The van der Waals surface area contributed by atoms with Crippen LogP contribution in [0.1, 0.15) is 33.1 Å². The molecule has 0 saturated carbocycles. The monoisotopic (exact) mass is 363 g/mol. The van der Waals surface area contributed by atoms with Gasteiger partial charge in [-0.05, 0) is 42.9 Å². The molecule has 2 aliphatic rings. The molecular weight excluding hydrogens is 338 g/mol. The van der Waals surface area contributed by atoms with E-state index in [-0.39, 0.29) is 5.92 Å². The summed E-state index contributed by atoms with van der Waals surface area (Å²) in [7, 11) is 0. The highest BCUT2D eigenvalue weighted by Gasteiger charge is 2.48. The normalized spacial score (nSPS) is 24.4. The topological polar surface area (TPSA) is 66.8 Å². The summed E-state index contributed by atoms with van der Waals surface area (Å²) in [5.74, 6) is 0.935. The first-order valence-corrected chi connectivity index (χ1v) is 9.88. The Morgan fingerprint density at radius 2 is 2.19 bits per heavy atom. The molecule has 2 bridgehead atoms. The van der Waals surface area contributed by atoms with Crippen molar-refractivity contribution in [3.63, 3.8) is 0 Å². The van der Waals surface area contributed by atoms with Crippen LogP contribution in [0.25, 0.3) is 22.2 Å². The molecule has 6 heteroatoms. The Morgan fingerprint density at radius 1 is 1.30 bits per heavy atom. The number of amides is 1. The van der Waals surface area contributed by atoms with Crippen molar-refractivity contribution in [2.75, 3.05) is 0 Å². The third kappa shape index (κ3) is 2.66. The summed E-state index contributed by atoms with van der Waals surface area (Å²) < 4.78 is 2.26. The van der Waals surface area contributed by atoms with Gasteiger partial charge in [-0.15, -0.1) is 0 Å². The minimum absolute atomic E-state index is 0.0854. The number of imidazole rings is 1. The molecule has 5 rings (SSSR count). The first-order valence-electron chi connectivity index (χ1n) is 9.88. The molecular formula is C21H25N5O. The Hall–Kier alpha value is -2.63. The van der Waals surface area contributed by atoms with Gasteiger partial charge in [-0.2, -0.15) is 5.10 Å². The molecule has 6 nitrogen and oxygen atoms in total. The van der Waals surface area contributed by atoms with E-state index >= 15 is 0 Å². The van der Waals surface area contributed by atoms with Gasteiger partial charge in [0.25, 0.3) is 0 Å². The second-order valence-corrected chi connectivity index (χ2v) is 8.28. The van der Waals surface area contributed by atoms with E-state index in [9.17, 15) is 4.79 Å². The molecule has 0 spiro atoms. The van der Waals surface area contributed by atoms with E-state index < -0.39 is 0 Å². The number of aromatic nitrogens is 4. The van der Waals surface area contributed by atoms with E-state index in [1.54, 1.807) is 0 Å². The van der Waals surface area contributed by atoms with Gasteiger partial charge in [-0.3, -0.25) is 9.89 Å². The highest BCUT2D eigenvalue weighted by Crippen LogP contribution is 2.43. The Morgan fingerprint density at radius 3 is 2.96 bits per heavy atom. The van der Waals surface area contributed by atoms with Crippen LogP contribution in [0.2, 0.25) is 0 Å². The fourth-order valence-electron chi connectivity index (χ4n) is 5.00. The minimum Gasteiger partial charge on any atom is -0.336 e. The number of fused-ring (bicyclic) bond motifs is 3. The number of carbonyl (C=O) groups is 1. The molecule has 3 atom stereocenters. The lowest BCUT2D eigenvalue weighted by Crippen LogP contribution is -2.39. The van der Waals surface area contributed by atoms with Crippen LogP contribution in [0.15, 0.2) is 36.9 Å². The van der Waals surface area contributed by atoms with Crippen LogP contribution in [0.3, 0.4) is 0 Å².